The second-order valence-corrected chi connectivity index (χ2v) is 6.51. The molecule has 3 aromatic carbocycles. The van der Waals surface area contributed by atoms with Gasteiger partial charge >= 0.3 is 17.1 Å². The molecular formula is C17H14FeN2O2S. The Labute approximate surface area is 145 Å². The number of hydrogen-bond donors (Lipinski definition) is 1. The van der Waals surface area contributed by atoms with Crippen LogP contribution in [0.3, 0.4) is 0 Å². The molecule has 6 heteroatoms. The van der Waals surface area contributed by atoms with Crippen molar-refractivity contribution in [1.82, 2.24) is 9.97 Å². The van der Waals surface area contributed by atoms with Gasteiger partial charge in [0.2, 0.25) is 5.16 Å². The number of aromatic nitrogens is 2. The van der Waals surface area contributed by atoms with Crippen LogP contribution in [0.5, 0.6) is 0 Å². The van der Waals surface area contributed by atoms with E-state index in [1.165, 1.54) is 0 Å². The van der Waals surface area contributed by atoms with Crippen molar-refractivity contribution in [2.45, 2.75) is 10.1 Å². The summed E-state index contributed by atoms with van der Waals surface area (Å²) in [7, 11) is -3.52. The Hall–Kier alpha value is -2.14. The van der Waals surface area contributed by atoms with Crippen LogP contribution in [0.15, 0.2) is 88.9 Å². The second-order valence-electron chi connectivity index (χ2n) is 4.65. The minimum absolute atomic E-state index is 0. The molecule has 0 unspecified atom stereocenters. The first-order valence-electron chi connectivity index (χ1n) is 6.76. The molecule has 1 heterocycles. The van der Waals surface area contributed by atoms with Crippen LogP contribution in [0.2, 0.25) is 0 Å². The second kappa shape index (κ2) is 7.42. The molecule has 0 saturated heterocycles. The van der Waals surface area contributed by atoms with Gasteiger partial charge in [-0.25, -0.2) is 37.7 Å². The summed E-state index contributed by atoms with van der Waals surface area (Å²) in [6.07, 6.45) is 0. The zero-order chi connectivity index (χ0) is 15.4. The van der Waals surface area contributed by atoms with E-state index in [4.69, 9.17) is 0 Å². The molecule has 23 heavy (non-hydrogen) atoms. The van der Waals surface area contributed by atoms with Crippen molar-refractivity contribution in [3.63, 3.8) is 0 Å². The smallest absolute Gasteiger partial charge is 0.329 e. The van der Waals surface area contributed by atoms with Crippen molar-refractivity contribution in [2.75, 3.05) is 0 Å². The maximum Gasteiger partial charge on any atom is 2.00 e. The van der Waals surface area contributed by atoms with E-state index in [2.05, 4.69) is 9.97 Å². The topological polar surface area (TPSA) is 62.8 Å². The summed E-state index contributed by atoms with van der Waals surface area (Å²) >= 11 is 0. The predicted octanol–water partition coefficient (Wildman–Crippen LogP) is 3.52. The van der Waals surface area contributed by atoms with Crippen LogP contribution in [0.1, 0.15) is 0 Å². The van der Waals surface area contributed by atoms with Gasteiger partial charge in [0.25, 0.3) is 0 Å². The van der Waals surface area contributed by atoms with E-state index in [0.717, 1.165) is 5.52 Å². The number of sulfone groups is 1. The van der Waals surface area contributed by atoms with E-state index in [1.54, 1.807) is 36.4 Å². The first kappa shape index (κ1) is 17.2. The van der Waals surface area contributed by atoms with Gasteiger partial charge in [-0.05, 0) is 17.0 Å². The number of nitrogens with zero attached hydrogens (tertiary/aromatic N) is 1. The Kier molecular flexibility index (Phi) is 5.55. The number of imidazole rings is 1. The first-order chi connectivity index (χ1) is 10.7. The Morgan fingerprint density at radius 2 is 1.61 bits per heavy atom. The SMILES string of the molecule is O=S(=O)(c1nc2ccccc2[nH]1)[c-]1cccc1.[Fe+2].c1cc[cH-]c1. The standard InChI is InChI=1S/C12H9N2O2S.C5H5.Fe/c15-17(16,9-5-1-2-6-9)12-13-10-7-3-4-8-11(10)14-12;1-2-4-5-3-1;/h1-8H,(H,13,14);1-5H;/q2*-1;+2. The average molecular weight is 366 g/mol. The van der Waals surface area contributed by atoms with Gasteiger partial charge in [-0.1, -0.05) is 12.1 Å². The van der Waals surface area contributed by atoms with Crippen LogP contribution in [0.25, 0.3) is 11.0 Å². The predicted molar refractivity (Wildman–Crippen MR) is 85.6 cm³/mol. The van der Waals surface area contributed by atoms with Crippen molar-refractivity contribution in [3.8, 4) is 0 Å². The van der Waals surface area contributed by atoms with Crippen LogP contribution in [0.4, 0.5) is 0 Å². The minimum Gasteiger partial charge on any atom is -0.329 e. The quantitative estimate of drug-likeness (QED) is 0.436. The van der Waals surface area contributed by atoms with Gasteiger partial charge in [-0.2, -0.15) is 30.3 Å². The summed E-state index contributed by atoms with van der Waals surface area (Å²) in [5.41, 5.74) is 1.37. The first-order valence-corrected chi connectivity index (χ1v) is 8.24. The van der Waals surface area contributed by atoms with E-state index in [0.29, 0.717) is 5.52 Å². The third-order valence-electron chi connectivity index (χ3n) is 3.12. The molecule has 0 bridgehead atoms. The Balaban J connectivity index is 0.000000276. The van der Waals surface area contributed by atoms with Crippen molar-refractivity contribution >= 4 is 20.9 Å². The number of para-hydroxylation sites is 2. The number of hydrogen-bond acceptors (Lipinski definition) is 3. The molecule has 0 aliphatic rings. The van der Waals surface area contributed by atoms with E-state index in [9.17, 15) is 8.42 Å². The molecule has 1 aromatic heterocycles. The number of aromatic amines is 1. The molecule has 0 amide bonds. The van der Waals surface area contributed by atoms with Gasteiger partial charge in [0.05, 0.1) is 11.0 Å². The summed E-state index contributed by atoms with van der Waals surface area (Å²) in [5.74, 6) is 0. The van der Waals surface area contributed by atoms with Gasteiger partial charge in [0, 0.05) is 0 Å². The van der Waals surface area contributed by atoms with Gasteiger partial charge < -0.3 is 4.98 Å². The number of nitrogens with one attached hydrogen (secondary N) is 1. The largest absolute Gasteiger partial charge is 2.00 e. The fourth-order valence-corrected chi connectivity index (χ4v) is 3.23. The van der Waals surface area contributed by atoms with Crippen molar-refractivity contribution < 1.29 is 25.5 Å². The van der Waals surface area contributed by atoms with E-state index in [-0.39, 0.29) is 27.1 Å². The normalized spacial score (nSPS) is 10.6. The van der Waals surface area contributed by atoms with Gasteiger partial charge in [-0.3, -0.25) is 0 Å². The fourth-order valence-electron chi connectivity index (χ4n) is 2.02. The fraction of sp³-hybridized carbons (Fsp3) is 0. The molecule has 118 valence electrons. The Morgan fingerprint density at radius 3 is 2.17 bits per heavy atom. The molecule has 0 radical (unpaired) electrons. The number of rotatable bonds is 2. The summed E-state index contributed by atoms with van der Waals surface area (Å²) in [5, 5.41) is -0.00935. The monoisotopic (exact) mass is 366 g/mol. The molecule has 4 aromatic rings. The van der Waals surface area contributed by atoms with Crippen LogP contribution in [-0.2, 0) is 26.9 Å². The minimum atomic E-state index is -3.52. The summed E-state index contributed by atoms with van der Waals surface area (Å²) in [6.45, 7) is 0. The molecule has 0 atom stereocenters. The van der Waals surface area contributed by atoms with Gasteiger partial charge in [-0.15, -0.1) is 0 Å². The molecule has 1 N–H and O–H groups in total. The number of fused-ring (bicyclic) bond motifs is 1. The summed E-state index contributed by atoms with van der Waals surface area (Å²) < 4.78 is 24.3. The van der Waals surface area contributed by atoms with E-state index in [1.807, 2.05) is 42.5 Å². The third kappa shape index (κ3) is 3.79. The molecule has 4 rings (SSSR count). The Morgan fingerprint density at radius 1 is 0.957 bits per heavy atom. The van der Waals surface area contributed by atoms with Gasteiger partial charge in [0.15, 0.2) is 9.84 Å². The molecule has 0 saturated carbocycles. The maximum atomic E-state index is 12.2. The molecular weight excluding hydrogens is 352 g/mol. The van der Waals surface area contributed by atoms with Crippen molar-refractivity contribution in [2.24, 2.45) is 0 Å². The summed E-state index contributed by atoms with van der Waals surface area (Å²) in [4.78, 5) is 7.18. The number of H-pyrrole nitrogens is 1. The van der Waals surface area contributed by atoms with E-state index >= 15 is 0 Å². The van der Waals surface area contributed by atoms with Crippen LogP contribution in [-0.4, -0.2) is 18.4 Å². The maximum absolute atomic E-state index is 12.2. The van der Waals surface area contributed by atoms with Gasteiger partial charge in [0.1, 0.15) is 0 Å². The summed E-state index contributed by atoms with van der Waals surface area (Å²) in [6, 6.07) is 23.7. The van der Waals surface area contributed by atoms with Crippen molar-refractivity contribution in [1.29, 1.82) is 0 Å². The molecule has 4 nitrogen and oxygen atoms in total. The number of benzene rings is 1. The van der Waals surface area contributed by atoms with Crippen LogP contribution in [0, 0.1) is 0 Å². The molecule has 0 fully saturated rings. The molecule has 0 aliphatic carbocycles. The zero-order valence-electron chi connectivity index (χ0n) is 12.0. The Bertz CT molecular complexity index is 890. The van der Waals surface area contributed by atoms with Crippen LogP contribution < -0.4 is 0 Å². The molecule has 0 spiro atoms. The van der Waals surface area contributed by atoms with Crippen LogP contribution >= 0.6 is 0 Å². The van der Waals surface area contributed by atoms with Crippen molar-refractivity contribution in [3.05, 3.63) is 78.9 Å². The molecule has 0 aliphatic heterocycles. The third-order valence-corrected chi connectivity index (χ3v) is 4.72. The average Bonchev–Trinajstić information content (AvgIpc) is 3.28. The zero-order valence-corrected chi connectivity index (χ0v) is 14.0. The van der Waals surface area contributed by atoms with E-state index < -0.39 is 9.84 Å².